The first-order valence-corrected chi connectivity index (χ1v) is 10.2. The van der Waals surface area contributed by atoms with Crippen molar-refractivity contribution >= 4 is 47.2 Å². The van der Waals surface area contributed by atoms with Gasteiger partial charge in [0.15, 0.2) is 5.96 Å². The van der Waals surface area contributed by atoms with Gasteiger partial charge in [-0.3, -0.25) is 9.69 Å². The molecule has 1 saturated heterocycles. The predicted molar refractivity (Wildman–Crippen MR) is 122 cm³/mol. The zero-order valence-corrected chi connectivity index (χ0v) is 19.3. The third-order valence-corrected chi connectivity index (χ3v) is 5.24. The van der Waals surface area contributed by atoms with Gasteiger partial charge in [-0.15, -0.1) is 35.3 Å². The lowest BCUT2D eigenvalue weighted by molar-refractivity contribution is -0.119. The average molecular weight is 509 g/mol. The maximum Gasteiger partial charge on any atom is 0.241 e. The van der Waals surface area contributed by atoms with Gasteiger partial charge in [0, 0.05) is 31.6 Å². The van der Waals surface area contributed by atoms with Crippen LogP contribution in [0.4, 0.5) is 0 Å². The molecular formula is C18H32IN5O2S. The van der Waals surface area contributed by atoms with Gasteiger partial charge < -0.3 is 20.7 Å². The molecule has 7 nitrogen and oxygen atoms in total. The number of rotatable bonds is 10. The number of hydrogen-bond donors (Lipinski definition) is 3. The number of aliphatic imine (C=N–C) groups is 1. The van der Waals surface area contributed by atoms with Crippen LogP contribution in [0.2, 0.25) is 0 Å². The lowest BCUT2D eigenvalue weighted by atomic mass is 10.2. The van der Waals surface area contributed by atoms with Gasteiger partial charge in [-0.05, 0) is 44.3 Å². The molecule has 1 atom stereocenters. The van der Waals surface area contributed by atoms with E-state index in [-0.39, 0.29) is 36.4 Å². The Morgan fingerprint density at radius 1 is 1.33 bits per heavy atom. The van der Waals surface area contributed by atoms with Crippen molar-refractivity contribution in [3.63, 3.8) is 0 Å². The largest absolute Gasteiger partial charge is 0.383 e. The molecule has 2 rings (SSSR count). The Balaban J connectivity index is 0.00000364. The van der Waals surface area contributed by atoms with Gasteiger partial charge in [0.25, 0.3) is 0 Å². The second-order valence-electron chi connectivity index (χ2n) is 6.19. The van der Waals surface area contributed by atoms with E-state index in [1.165, 1.54) is 17.7 Å². The topological polar surface area (TPSA) is 78.0 Å². The SMILES string of the molecule is CCNC(=NCC(=O)NCCOC)NCC(c1cccs1)N1CCCC1.I. The molecule has 0 saturated carbocycles. The van der Waals surface area contributed by atoms with Gasteiger partial charge in [-0.25, -0.2) is 4.99 Å². The van der Waals surface area contributed by atoms with E-state index in [2.05, 4.69) is 43.4 Å². The number of carbonyl (C=O) groups is 1. The molecule has 0 aliphatic carbocycles. The molecule has 1 fully saturated rings. The fourth-order valence-electron chi connectivity index (χ4n) is 2.98. The lowest BCUT2D eigenvalue weighted by Gasteiger charge is -2.27. The Morgan fingerprint density at radius 2 is 2.11 bits per heavy atom. The van der Waals surface area contributed by atoms with E-state index >= 15 is 0 Å². The Bertz CT molecular complexity index is 550. The molecule has 1 aromatic rings. The summed E-state index contributed by atoms with van der Waals surface area (Å²) in [4.78, 5) is 20.1. The zero-order chi connectivity index (χ0) is 18.6. The van der Waals surface area contributed by atoms with Crippen molar-refractivity contribution in [1.29, 1.82) is 0 Å². The second kappa shape index (κ2) is 14.1. The standard InChI is InChI=1S/C18H31N5O2S.HI/c1-3-19-18(22-14-17(24)20-8-11-25-2)21-13-15(16-7-6-12-26-16)23-9-4-5-10-23;/h6-7,12,15H,3-5,8-11,13-14H2,1-2H3,(H,20,24)(H2,19,21,22);1H. The minimum atomic E-state index is -0.103. The monoisotopic (exact) mass is 509 g/mol. The second-order valence-corrected chi connectivity index (χ2v) is 7.17. The first-order valence-electron chi connectivity index (χ1n) is 9.29. The molecule has 1 aromatic heterocycles. The van der Waals surface area contributed by atoms with E-state index in [4.69, 9.17) is 4.74 Å². The number of nitrogens with zero attached hydrogens (tertiary/aromatic N) is 2. The summed E-state index contributed by atoms with van der Waals surface area (Å²) in [6, 6.07) is 4.65. The normalized spacial score (nSPS) is 15.9. The van der Waals surface area contributed by atoms with Crippen molar-refractivity contribution < 1.29 is 9.53 Å². The number of likely N-dealkylation sites (tertiary alicyclic amines) is 1. The van der Waals surface area contributed by atoms with E-state index in [9.17, 15) is 4.79 Å². The molecule has 0 spiro atoms. The number of guanidine groups is 1. The minimum absolute atomic E-state index is 0. The molecule has 154 valence electrons. The van der Waals surface area contributed by atoms with Gasteiger partial charge in [-0.2, -0.15) is 0 Å². The molecule has 2 heterocycles. The number of nitrogens with one attached hydrogen (secondary N) is 3. The molecule has 27 heavy (non-hydrogen) atoms. The van der Waals surface area contributed by atoms with Crippen LogP contribution >= 0.6 is 35.3 Å². The lowest BCUT2D eigenvalue weighted by Crippen LogP contribution is -2.43. The Hall–Kier alpha value is -0.910. The quantitative estimate of drug-likeness (QED) is 0.194. The van der Waals surface area contributed by atoms with Gasteiger partial charge in [-0.1, -0.05) is 6.07 Å². The highest BCUT2D eigenvalue weighted by Crippen LogP contribution is 2.27. The van der Waals surface area contributed by atoms with Gasteiger partial charge in [0.05, 0.1) is 12.6 Å². The number of amides is 1. The highest BCUT2D eigenvalue weighted by atomic mass is 127. The highest BCUT2D eigenvalue weighted by molar-refractivity contribution is 14.0. The van der Waals surface area contributed by atoms with Crippen molar-refractivity contribution in [2.45, 2.75) is 25.8 Å². The van der Waals surface area contributed by atoms with Crippen LogP contribution in [0.1, 0.15) is 30.7 Å². The van der Waals surface area contributed by atoms with Crippen LogP contribution in [0.15, 0.2) is 22.5 Å². The Morgan fingerprint density at radius 3 is 2.74 bits per heavy atom. The third-order valence-electron chi connectivity index (χ3n) is 4.27. The highest BCUT2D eigenvalue weighted by Gasteiger charge is 2.24. The van der Waals surface area contributed by atoms with E-state index in [0.717, 1.165) is 26.2 Å². The van der Waals surface area contributed by atoms with Crippen molar-refractivity contribution in [3.8, 4) is 0 Å². The summed E-state index contributed by atoms with van der Waals surface area (Å²) in [5.74, 6) is 0.573. The fourth-order valence-corrected chi connectivity index (χ4v) is 3.84. The van der Waals surface area contributed by atoms with E-state index in [0.29, 0.717) is 25.2 Å². The van der Waals surface area contributed by atoms with E-state index in [1.807, 2.05) is 6.92 Å². The first-order chi connectivity index (χ1) is 12.7. The van der Waals surface area contributed by atoms with Crippen LogP contribution in [0.25, 0.3) is 0 Å². The summed E-state index contributed by atoms with van der Waals surface area (Å²) in [6.07, 6.45) is 2.52. The van der Waals surface area contributed by atoms with Crippen molar-refractivity contribution in [1.82, 2.24) is 20.9 Å². The maximum atomic E-state index is 11.8. The number of hydrogen-bond acceptors (Lipinski definition) is 5. The van der Waals surface area contributed by atoms with Gasteiger partial charge >= 0.3 is 0 Å². The Kier molecular flexibility index (Phi) is 12.6. The van der Waals surface area contributed by atoms with E-state index in [1.54, 1.807) is 18.4 Å². The van der Waals surface area contributed by atoms with Crippen molar-refractivity contribution in [2.24, 2.45) is 4.99 Å². The number of ether oxygens (including phenoxy) is 1. The maximum absolute atomic E-state index is 11.8. The predicted octanol–water partition coefficient (Wildman–Crippen LogP) is 1.82. The summed E-state index contributed by atoms with van der Waals surface area (Å²) in [7, 11) is 1.61. The van der Waals surface area contributed by atoms with Crippen LogP contribution in [-0.4, -0.2) is 69.8 Å². The molecule has 3 N–H and O–H groups in total. The average Bonchev–Trinajstić information content (AvgIpc) is 3.34. The van der Waals surface area contributed by atoms with Crippen LogP contribution in [0, 0.1) is 0 Å². The number of carbonyl (C=O) groups excluding carboxylic acids is 1. The molecular weight excluding hydrogens is 477 g/mol. The Labute approximate surface area is 183 Å². The molecule has 1 aliphatic rings. The fraction of sp³-hybridized carbons (Fsp3) is 0.667. The smallest absolute Gasteiger partial charge is 0.241 e. The molecule has 1 unspecified atom stereocenters. The summed E-state index contributed by atoms with van der Waals surface area (Å²) >= 11 is 1.79. The van der Waals surface area contributed by atoms with Gasteiger partial charge in [0.1, 0.15) is 6.54 Å². The summed E-state index contributed by atoms with van der Waals surface area (Å²) in [6.45, 7) is 6.94. The van der Waals surface area contributed by atoms with E-state index < -0.39 is 0 Å². The third kappa shape index (κ3) is 8.75. The van der Waals surface area contributed by atoms with Gasteiger partial charge in [0.2, 0.25) is 5.91 Å². The summed E-state index contributed by atoms with van der Waals surface area (Å²) in [5.41, 5.74) is 0. The summed E-state index contributed by atoms with van der Waals surface area (Å²) in [5, 5.41) is 11.5. The number of thiophene rings is 1. The molecule has 0 aromatic carbocycles. The van der Waals surface area contributed by atoms with Crippen molar-refractivity contribution in [3.05, 3.63) is 22.4 Å². The zero-order valence-electron chi connectivity index (χ0n) is 16.2. The first kappa shape index (κ1) is 24.1. The van der Waals surface area contributed by atoms with Crippen molar-refractivity contribution in [2.75, 3.05) is 53.0 Å². The number of methoxy groups -OCH3 is 1. The summed E-state index contributed by atoms with van der Waals surface area (Å²) < 4.78 is 4.93. The van der Waals surface area contributed by atoms with Crippen LogP contribution in [-0.2, 0) is 9.53 Å². The van der Waals surface area contributed by atoms with Crippen LogP contribution in [0.5, 0.6) is 0 Å². The van der Waals surface area contributed by atoms with Crippen LogP contribution < -0.4 is 16.0 Å². The number of halogens is 1. The molecule has 9 heteroatoms. The molecule has 1 amide bonds. The molecule has 0 radical (unpaired) electrons. The minimum Gasteiger partial charge on any atom is -0.383 e. The molecule has 0 bridgehead atoms. The molecule has 1 aliphatic heterocycles. The van der Waals surface area contributed by atoms with Crippen LogP contribution in [0.3, 0.4) is 0 Å².